The molecule has 0 aromatic carbocycles. The Kier molecular flexibility index (Phi) is 3.96. The van der Waals surface area contributed by atoms with E-state index in [1.54, 1.807) is 6.26 Å². The third-order valence-corrected chi connectivity index (χ3v) is 4.34. The van der Waals surface area contributed by atoms with Crippen molar-refractivity contribution in [3.05, 3.63) is 24.2 Å². The van der Waals surface area contributed by atoms with Crippen molar-refractivity contribution >= 4 is 11.9 Å². The smallest absolute Gasteiger partial charge is 0.324 e. The van der Waals surface area contributed by atoms with Crippen molar-refractivity contribution in [2.24, 2.45) is 5.92 Å². The summed E-state index contributed by atoms with van der Waals surface area (Å²) in [5, 5.41) is 2.66. The van der Waals surface area contributed by atoms with Crippen LogP contribution in [0.3, 0.4) is 0 Å². The molecule has 0 bridgehead atoms. The van der Waals surface area contributed by atoms with Crippen LogP contribution in [0.15, 0.2) is 22.8 Å². The fraction of sp³-hybridized carbons (Fsp3) is 0.600. The third-order valence-electron chi connectivity index (χ3n) is 4.34. The number of amides is 3. The Balaban J connectivity index is 1.70. The van der Waals surface area contributed by atoms with Crippen LogP contribution in [0.4, 0.5) is 4.79 Å². The topological polar surface area (TPSA) is 65.8 Å². The van der Waals surface area contributed by atoms with Crippen LogP contribution in [-0.2, 0) is 4.79 Å². The minimum atomic E-state index is -0.278. The number of carbonyl (C=O) groups is 2. The van der Waals surface area contributed by atoms with Gasteiger partial charge in [0.1, 0.15) is 5.76 Å². The second-order valence-corrected chi connectivity index (χ2v) is 5.91. The summed E-state index contributed by atoms with van der Waals surface area (Å²) in [4.78, 5) is 27.3. The summed E-state index contributed by atoms with van der Waals surface area (Å²) in [7, 11) is 0. The standard InChI is InChI=1S/C15H21N3O3/c1-11-4-6-17(12(9-11)13-3-2-8-21-13)10-14(19)18-7-5-16-15(18)20/h2-3,8,11-12H,4-7,9-10H2,1H3,(H,16,20)/t11-,12+/m1/s1. The van der Waals surface area contributed by atoms with E-state index < -0.39 is 0 Å². The maximum Gasteiger partial charge on any atom is 0.324 e. The molecule has 0 aliphatic carbocycles. The molecule has 114 valence electrons. The molecule has 1 aromatic rings. The van der Waals surface area contributed by atoms with Gasteiger partial charge >= 0.3 is 6.03 Å². The molecule has 0 saturated carbocycles. The number of hydrogen-bond donors (Lipinski definition) is 1. The first-order valence-corrected chi connectivity index (χ1v) is 7.51. The van der Waals surface area contributed by atoms with Gasteiger partial charge in [0.05, 0.1) is 18.8 Å². The van der Waals surface area contributed by atoms with E-state index in [4.69, 9.17) is 4.42 Å². The second kappa shape index (κ2) is 5.89. The molecule has 2 saturated heterocycles. The zero-order valence-electron chi connectivity index (χ0n) is 12.2. The fourth-order valence-electron chi connectivity index (χ4n) is 3.12. The van der Waals surface area contributed by atoms with Crippen LogP contribution in [0.5, 0.6) is 0 Å². The van der Waals surface area contributed by atoms with Gasteiger partial charge in [0.15, 0.2) is 0 Å². The molecule has 2 aliphatic heterocycles. The molecular weight excluding hydrogens is 270 g/mol. The number of piperidine rings is 1. The van der Waals surface area contributed by atoms with Gasteiger partial charge in [0, 0.05) is 13.1 Å². The second-order valence-electron chi connectivity index (χ2n) is 5.91. The van der Waals surface area contributed by atoms with Crippen molar-refractivity contribution in [1.82, 2.24) is 15.1 Å². The zero-order valence-corrected chi connectivity index (χ0v) is 12.2. The summed E-state index contributed by atoms with van der Waals surface area (Å²) in [5.41, 5.74) is 0. The van der Waals surface area contributed by atoms with Gasteiger partial charge < -0.3 is 9.73 Å². The molecule has 6 heteroatoms. The minimum absolute atomic E-state index is 0.123. The average Bonchev–Trinajstić information content (AvgIpc) is 3.11. The number of nitrogens with one attached hydrogen (secondary N) is 1. The van der Waals surface area contributed by atoms with E-state index in [9.17, 15) is 9.59 Å². The van der Waals surface area contributed by atoms with Crippen molar-refractivity contribution in [3.63, 3.8) is 0 Å². The molecule has 21 heavy (non-hydrogen) atoms. The lowest BCUT2D eigenvalue weighted by Gasteiger charge is -2.37. The number of likely N-dealkylation sites (tertiary alicyclic amines) is 1. The number of urea groups is 1. The van der Waals surface area contributed by atoms with Crippen molar-refractivity contribution in [2.45, 2.75) is 25.8 Å². The predicted molar refractivity (Wildman–Crippen MR) is 76.5 cm³/mol. The van der Waals surface area contributed by atoms with Gasteiger partial charge in [0.25, 0.3) is 0 Å². The van der Waals surface area contributed by atoms with E-state index in [0.717, 1.165) is 25.1 Å². The van der Waals surface area contributed by atoms with Gasteiger partial charge in [-0.15, -0.1) is 0 Å². The summed E-state index contributed by atoms with van der Waals surface area (Å²) >= 11 is 0. The molecule has 3 amide bonds. The van der Waals surface area contributed by atoms with Crippen molar-refractivity contribution in [1.29, 1.82) is 0 Å². The molecule has 1 aromatic heterocycles. The molecule has 0 radical (unpaired) electrons. The summed E-state index contributed by atoms with van der Waals surface area (Å²) in [6.45, 7) is 4.36. The number of nitrogens with zero attached hydrogens (tertiary/aromatic N) is 2. The number of rotatable bonds is 3. The summed E-state index contributed by atoms with van der Waals surface area (Å²) < 4.78 is 5.53. The lowest BCUT2D eigenvalue weighted by atomic mass is 9.91. The normalized spacial score (nSPS) is 26.9. The highest BCUT2D eigenvalue weighted by Crippen LogP contribution is 2.34. The molecule has 0 unspecified atom stereocenters. The molecule has 0 spiro atoms. The van der Waals surface area contributed by atoms with Gasteiger partial charge in [-0.25, -0.2) is 4.79 Å². The van der Waals surface area contributed by atoms with Crippen LogP contribution in [-0.4, -0.2) is 47.9 Å². The van der Waals surface area contributed by atoms with Crippen LogP contribution in [0.1, 0.15) is 31.6 Å². The first-order valence-electron chi connectivity index (χ1n) is 7.51. The molecule has 2 fully saturated rings. The number of imide groups is 1. The SMILES string of the molecule is C[C@@H]1CCN(CC(=O)N2CCNC2=O)[C@H](c2ccco2)C1. The maximum atomic E-state index is 12.3. The first-order chi connectivity index (χ1) is 10.1. The van der Waals surface area contributed by atoms with Crippen LogP contribution in [0, 0.1) is 5.92 Å². The molecule has 3 rings (SSSR count). The fourth-order valence-corrected chi connectivity index (χ4v) is 3.12. The van der Waals surface area contributed by atoms with E-state index in [2.05, 4.69) is 17.1 Å². The highest BCUT2D eigenvalue weighted by Gasteiger charge is 2.33. The number of furan rings is 1. The van der Waals surface area contributed by atoms with E-state index in [0.29, 0.717) is 19.0 Å². The molecule has 2 atom stereocenters. The van der Waals surface area contributed by atoms with Crippen LogP contribution >= 0.6 is 0 Å². The maximum absolute atomic E-state index is 12.3. The van der Waals surface area contributed by atoms with Gasteiger partial charge in [0.2, 0.25) is 5.91 Å². The molecule has 6 nitrogen and oxygen atoms in total. The third kappa shape index (κ3) is 2.95. The lowest BCUT2D eigenvalue weighted by Crippen LogP contribution is -2.45. The predicted octanol–water partition coefficient (Wildman–Crippen LogP) is 1.60. The van der Waals surface area contributed by atoms with Crippen LogP contribution in [0.25, 0.3) is 0 Å². The Hall–Kier alpha value is -1.82. The van der Waals surface area contributed by atoms with E-state index in [1.165, 1.54) is 4.90 Å². The molecular formula is C15H21N3O3. The quantitative estimate of drug-likeness (QED) is 0.918. The van der Waals surface area contributed by atoms with Gasteiger partial charge in [-0.05, 0) is 37.4 Å². The van der Waals surface area contributed by atoms with Crippen LogP contribution in [0.2, 0.25) is 0 Å². The number of carbonyl (C=O) groups excluding carboxylic acids is 2. The van der Waals surface area contributed by atoms with E-state index in [-0.39, 0.29) is 24.5 Å². The highest BCUT2D eigenvalue weighted by molar-refractivity contribution is 5.96. The van der Waals surface area contributed by atoms with Crippen LogP contribution < -0.4 is 5.32 Å². The first kappa shape index (κ1) is 14.1. The molecule has 1 N–H and O–H groups in total. The highest BCUT2D eigenvalue weighted by atomic mass is 16.3. The zero-order chi connectivity index (χ0) is 14.8. The Labute approximate surface area is 124 Å². The van der Waals surface area contributed by atoms with Crippen molar-refractivity contribution in [3.8, 4) is 0 Å². The summed E-state index contributed by atoms with van der Waals surface area (Å²) in [6.07, 6.45) is 3.71. The Bertz CT molecular complexity index is 514. The summed E-state index contributed by atoms with van der Waals surface area (Å²) in [5.74, 6) is 1.39. The van der Waals surface area contributed by atoms with E-state index in [1.807, 2.05) is 12.1 Å². The van der Waals surface area contributed by atoms with Crippen molar-refractivity contribution in [2.75, 3.05) is 26.2 Å². The van der Waals surface area contributed by atoms with Crippen molar-refractivity contribution < 1.29 is 14.0 Å². The molecule has 2 aliphatic rings. The Morgan fingerprint density at radius 2 is 2.33 bits per heavy atom. The lowest BCUT2D eigenvalue weighted by molar-refractivity contribution is -0.130. The number of hydrogen-bond acceptors (Lipinski definition) is 4. The van der Waals surface area contributed by atoms with Gasteiger partial charge in [-0.1, -0.05) is 6.92 Å². The average molecular weight is 291 g/mol. The van der Waals surface area contributed by atoms with Gasteiger partial charge in [-0.2, -0.15) is 0 Å². The Morgan fingerprint density at radius 1 is 1.48 bits per heavy atom. The van der Waals surface area contributed by atoms with E-state index >= 15 is 0 Å². The Morgan fingerprint density at radius 3 is 3.00 bits per heavy atom. The molecule has 3 heterocycles. The largest absolute Gasteiger partial charge is 0.468 e. The minimum Gasteiger partial charge on any atom is -0.468 e. The summed E-state index contributed by atoms with van der Waals surface area (Å²) in [6, 6.07) is 3.68. The monoisotopic (exact) mass is 291 g/mol. The van der Waals surface area contributed by atoms with Gasteiger partial charge in [-0.3, -0.25) is 14.6 Å².